The van der Waals surface area contributed by atoms with Crippen molar-refractivity contribution in [3.8, 4) is 0 Å². The molecule has 1 saturated heterocycles. The van der Waals surface area contributed by atoms with Gasteiger partial charge in [0, 0.05) is 18.6 Å². The van der Waals surface area contributed by atoms with Gasteiger partial charge in [0.15, 0.2) is 0 Å². The molecule has 15 heavy (non-hydrogen) atoms. The summed E-state index contributed by atoms with van der Waals surface area (Å²) < 4.78 is 0. The average molecular weight is 212 g/mol. The van der Waals surface area contributed by atoms with Crippen LogP contribution >= 0.6 is 0 Å². The third kappa shape index (κ3) is 3.46. The van der Waals surface area contributed by atoms with E-state index in [1.54, 1.807) is 0 Å². The first-order chi connectivity index (χ1) is 7.20. The molecule has 1 heterocycles. The van der Waals surface area contributed by atoms with Gasteiger partial charge >= 0.3 is 0 Å². The van der Waals surface area contributed by atoms with Crippen LogP contribution in [-0.2, 0) is 0 Å². The van der Waals surface area contributed by atoms with Gasteiger partial charge in [0.1, 0.15) is 0 Å². The Hall–Kier alpha value is -0.0800. The molecule has 0 aromatic carbocycles. The molecule has 90 valence electrons. The molecule has 0 bridgehead atoms. The number of unbranched alkanes of at least 4 members (excludes halogenated alkanes) is 3. The summed E-state index contributed by atoms with van der Waals surface area (Å²) in [7, 11) is 4.53. The minimum Gasteiger partial charge on any atom is -0.301 e. The van der Waals surface area contributed by atoms with Gasteiger partial charge in [-0.05, 0) is 27.1 Å². The summed E-state index contributed by atoms with van der Waals surface area (Å²) in [6, 6.07) is 1.65. The van der Waals surface area contributed by atoms with Crippen LogP contribution in [0.25, 0.3) is 0 Å². The fraction of sp³-hybridized carbons (Fsp3) is 1.00. The molecule has 2 unspecified atom stereocenters. The van der Waals surface area contributed by atoms with Crippen molar-refractivity contribution in [1.82, 2.24) is 9.80 Å². The largest absolute Gasteiger partial charge is 0.301 e. The fourth-order valence-electron chi connectivity index (χ4n) is 2.57. The van der Waals surface area contributed by atoms with Crippen molar-refractivity contribution in [2.45, 2.75) is 58.0 Å². The Bertz CT molecular complexity index is 170. The molecule has 1 aliphatic rings. The molecule has 0 aliphatic carbocycles. The normalized spacial score (nSPS) is 27.0. The van der Waals surface area contributed by atoms with E-state index in [1.807, 2.05) is 0 Å². The van der Waals surface area contributed by atoms with Crippen LogP contribution in [0, 0.1) is 0 Å². The third-order valence-corrected chi connectivity index (χ3v) is 3.90. The van der Waals surface area contributed by atoms with Crippen molar-refractivity contribution in [1.29, 1.82) is 0 Å². The Balaban J connectivity index is 2.20. The lowest BCUT2D eigenvalue weighted by Crippen LogP contribution is -2.64. The molecule has 0 spiro atoms. The Labute approximate surface area is 95.6 Å². The molecule has 0 N–H and O–H groups in total. The minimum absolute atomic E-state index is 0.821. The van der Waals surface area contributed by atoms with Gasteiger partial charge in [0.05, 0.1) is 0 Å². The van der Waals surface area contributed by atoms with Gasteiger partial charge in [-0.25, -0.2) is 0 Å². The molecule has 0 aromatic heterocycles. The molecule has 0 radical (unpaired) electrons. The lowest BCUT2D eigenvalue weighted by Gasteiger charge is -2.50. The van der Waals surface area contributed by atoms with E-state index in [0.717, 1.165) is 12.1 Å². The van der Waals surface area contributed by atoms with Crippen LogP contribution in [0.4, 0.5) is 0 Å². The first-order valence-corrected chi connectivity index (χ1v) is 6.61. The van der Waals surface area contributed by atoms with E-state index in [2.05, 4.69) is 37.7 Å². The molecule has 2 nitrogen and oxygen atoms in total. The van der Waals surface area contributed by atoms with Gasteiger partial charge in [0.2, 0.25) is 0 Å². The Kier molecular flexibility index (Phi) is 5.62. The number of rotatable bonds is 7. The van der Waals surface area contributed by atoms with E-state index in [0.29, 0.717) is 0 Å². The van der Waals surface area contributed by atoms with Gasteiger partial charge in [-0.1, -0.05) is 39.5 Å². The zero-order chi connectivity index (χ0) is 11.3. The summed E-state index contributed by atoms with van der Waals surface area (Å²) in [5, 5.41) is 0. The van der Waals surface area contributed by atoms with Crippen LogP contribution in [-0.4, -0.2) is 49.1 Å². The van der Waals surface area contributed by atoms with Crippen LogP contribution in [0.1, 0.15) is 46.0 Å². The second kappa shape index (κ2) is 6.49. The SMILES string of the molecule is CCCCCCC1C(N(C)CC)CN1C. The molecule has 1 rings (SSSR count). The van der Waals surface area contributed by atoms with Crippen molar-refractivity contribution in [3.05, 3.63) is 0 Å². The van der Waals surface area contributed by atoms with Crippen molar-refractivity contribution >= 4 is 0 Å². The van der Waals surface area contributed by atoms with Crippen molar-refractivity contribution in [3.63, 3.8) is 0 Å². The minimum atomic E-state index is 0.821. The van der Waals surface area contributed by atoms with Crippen LogP contribution in [0.15, 0.2) is 0 Å². The maximum Gasteiger partial charge on any atom is 0.0375 e. The maximum absolute atomic E-state index is 2.52. The quantitative estimate of drug-likeness (QED) is 0.599. The summed E-state index contributed by atoms with van der Waals surface area (Å²) in [5.74, 6) is 0. The van der Waals surface area contributed by atoms with Crippen LogP contribution in [0.3, 0.4) is 0 Å². The van der Waals surface area contributed by atoms with E-state index >= 15 is 0 Å². The van der Waals surface area contributed by atoms with Crippen LogP contribution in [0.2, 0.25) is 0 Å². The van der Waals surface area contributed by atoms with E-state index in [-0.39, 0.29) is 0 Å². The molecule has 1 fully saturated rings. The van der Waals surface area contributed by atoms with E-state index in [1.165, 1.54) is 45.2 Å². The van der Waals surface area contributed by atoms with Gasteiger partial charge in [0.25, 0.3) is 0 Å². The van der Waals surface area contributed by atoms with E-state index in [4.69, 9.17) is 0 Å². The third-order valence-electron chi connectivity index (χ3n) is 3.90. The number of nitrogens with zero attached hydrogens (tertiary/aromatic N) is 2. The molecule has 0 amide bonds. The zero-order valence-electron chi connectivity index (χ0n) is 11.0. The highest BCUT2D eigenvalue weighted by molar-refractivity contribution is 4.95. The maximum atomic E-state index is 2.52. The molecular weight excluding hydrogens is 184 g/mol. The van der Waals surface area contributed by atoms with Crippen LogP contribution < -0.4 is 0 Å². The number of hydrogen-bond donors (Lipinski definition) is 0. The Morgan fingerprint density at radius 2 is 1.93 bits per heavy atom. The molecular formula is C13H28N2. The Morgan fingerprint density at radius 1 is 1.20 bits per heavy atom. The van der Waals surface area contributed by atoms with Gasteiger partial charge in [-0.3, -0.25) is 0 Å². The lowest BCUT2D eigenvalue weighted by molar-refractivity contribution is -0.00246. The highest BCUT2D eigenvalue weighted by Gasteiger charge is 2.37. The van der Waals surface area contributed by atoms with E-state index < -0.39 is 0 Å². The Morgan fingerprint density at radius 3 is 2.47 bits per heavy atom. The topological polar surface area (TPSA) is 6.48 Å². The smallest absolute Gasteiger partial charge is 0.0375 e. The average Bonchev–Trinajstić information content (AvgIpc) is 2.24. The second-order valence-electron chi connectivity index (χ2n) is 5.00. The molecule has 1 aliphatic heterocycles. The standard InChI is InChI=1S/C13H28N2/c1-5-7-8-9-10-12-13(11-15(12)4)14(3)6-2/h12-13H,5-11H2,1-4H3. The summed E-state index contributed by atoms with van der Waals surface area (Å²) in [6.07, 6.45) is 6.98. The molecule has 2 heteroatoms. The predicted molar refractivity (Wildman–Crippen MR) is 67.3 cm³/mol. The van der Waals surface area contributed by atoms with E-state index in [9.17, 15) is 0 Å². The highest BCUT2D eigenvalue weighted by Crippen LogP contribution is 2.25. The van der Waals surface area contributed by atoms with Gasteiger partial charge in [-0.2, -0.15) is 0 Å². The first kappa shape index (κ1) is 13.0. The fourth-order valence-corrected chi connectivity index (χ4v) is 2.57. The second-order valence-corrected chi connectivity index (χ2v) is 5.00. The number of likely N-dealkylation sites (N-methyl/N-ethyl adjacent to an activating group) is 2. The first-order valence-electron chi connectivity index (χ1n) is 6.61. The van der Waals surface area contributed by atoms with Crippen molar-refractivity contribution in [2.24, 2.45) is 0 Å². The van der Waals surface area contributed by atoms with Gasteiger partial charge in [-0.15, -0.1) is 0 Å². The summed E-state index contributed by atoms with van der Waals surface area (Å²) >= 11 is 0. The number of hydrogen-bond acceptors (Lipinski definition) is 2. The monoisotopic (exact) mass is 212 g/mol. The lowest BCUT2D eigenvalue weighted by atomic mass is 9.90. The van der Waals surface area contributed by atoms with Crippen molar-refractivity contribution < 1.29 is 0 Å². The summed E-state index contributed by atoms with van der Waals surface area (Å²) in [4.78, 5) is 5.02. The zero-order valence-corrected chi connectivity index (χ0v) is 11.0. The highest BCUT2D eigenvalue weighted by atomic mass is 15.3. The molecule has 0 aromatic rings. The number of likely N-dealkylation sites (tertiary alicyclic amines) is 1. The van der Waals surface area contributed by atoms with Crippen molar-refractivity contribution in [2.75, 3.05) is 27.2 Å². The summed E-state index contributed by atoms with van der Waals surface area (Å²) in [5.41, 5.74) is 0. The van der Waals surface area contributed by atoms with Gasteiger partial charge < -0.3 is 9.80 Å². The molecule has 0 saturated carbocycles. The summed E-state index contributed by atoms with van der Waals surface area (Å²) in [6.45, 7) is 6.99. The predicted octanol–water partition coefficient (Wildman–Crippen LogP) is 2.59. The van der Waals surface area contributed by atoms with Crippen LogP contribution in [0.5, 0.6) is 0 Å². The molecule has 2 atom stereocenters.